The molecule has 0 saturated heterocycles. The Morgan fingerprint density at radius 2 is 2.32 bits per heavy atom. The van der Waals surface area contributed by atoms with E-state index in [-0.39, 0.29) is 6.04 Å². The van der Waals surface area contributed by atoms with Crippen LogP contribution in [-0.4, -0.2) is 18.8 Å². The van der Waals surface area contributed by atoms with Crippen LogP contribution in [0.3, 0.4) is 0 Å². The molecule has 1 aromatic carbocycles. The first-order chi connectivity index (χ1) is 9.15. The lowest BCUT2D eigenvalue weighted by Gasteiger charge is -2.23. The van der Waals surface area contributed by atoms with Crippen molar-refractivity contribution in [3.63, 3.8) is 0 Å². The van der Waals surface area contributed by atoms with Gasteiger partial charge in [0.2, 0.25) is 0 Å². The lowest BCUT2D eigenvalue weighted by atomic mass is 9.88. The first-order valence-corrected chi connectivity index (χ1v) is 6.24. The van der Waals surface area contributed by atoms with Crippen LogP contribution >= 0.6 is 0 Å². The van der Waals surface area contributed by atoms with Gasteiger partial charge in [-0.05, 0) is 18.1 Å². The Morgan fingerprint density at radius 1 is 1.58 bits per heavy atom. The quantitative estimate of drug-likeness (QED) is 0.780. The second kappa shape index (κ2) is 5.66. The largest absolute Gasteiger partial charge is 0.468 e. The third kappa shape index (κ3) is 2.82. The van der Waals surface area contributed by atoms with Gasteiger partial charge in [-0.3, -0.25) is 9.79 Å². The average Bonchev–Trinajstić information content (AvgIpc) is 2.43. The van der Waals surface area contributed by atoms with Crippen LogP contribution in [0.4, 0.5) is 0 Å². The number of hydrogen-bond donors (Lipinski definition) is 0. The molecule has 0 fully saturated rings. The zero-order valence-electron chi connectivity index (χ0n) is 11.1. The molecule has 1 aliphatic rings. The summed E-state index contributed by atoms with van der Waals surface area (Å²) in [6.07, 6.45) is 1.21. The highest BCUT2D eigenvalue weighted by atomic mass is 16.5. The molecule has 2 unspecified atom stereocenters. The fourth-order valence-electron chi connectivity index (χ4n) is 2.42. The second-order valence-corrected chi connectivity index (χ2v) is 4.70. The van der Waals surface area contributed by atoms with Gasteiger partial charge in [-0.2, -0.15) is 5.26 Å². The Balaban J connectivity index is 2.26. The monoisotopic (exact) mass is 256 g/mol. The van der Waals surface area contributed by atoms with Crippen LogP contribution in [0, 0.1) is 17.2 Å². The van der Waals surface area contributed by atoms with E-state index in [2.05, 4.69) is 15.8 Å². The van der Waals surface area contributed by atoms with E-state index in [9.17, 15) is 4.79 Å². The summed E-state index contributed by atoms with van der Waals surface area (Å²) in [5.41, 5.74) is 3.36. The Labute approximate surface area is 112 Å². The molecule has 1 aliphatic heterocycles. The standard InChI is InChI=1S/C15H16N2O2/c1-10-7-11-5-3-4-6-13(11)14(17-10)8-12(9-16)15(18)19-2/h3-6,12,14H,7-8H2,1-2H3. The van der Waals surface area contributed by atoms with Crippen LogP contribution in [0.1, 0.15) is 30.5 Å². The molecule has 0 bridgehead atoms. The molecule has 4 heteroatoms. The molecule has 2 atom stereocenters. The van der Waals surface area contributed by atoms with E-state index in [1.807, 2.05) is 31.2 Å². The van der Waals surface area contributed by atoms with Gasteiger partial charge >= 0.3 is 5.97 Å². The predicted molar refractivity (Wildman–Crippen MR) is 71.7 cm³/mol. The van der Waals surface area contributed by atoms with Crippen molar-refractivity contribution in [3.05, 3.63) is 35.4 Å². The number of fused-ring (bicyclic) bond motifs is 1. The highest BCUT2D eigenvalue weighted by Crippen LogP contribution is 2.32. The van der Waals surface area contributed by atoms with Crippen molar-refractivity contribution in [2.45, 2.75) is 25.8 Å². The predicted octanol–water partition coefficient (Wildman–Crippen LogP) is 2.45. The first-order valence-electron chi connectivity index (χ1n) is 6.24. The molecule has 0 amide bonds. The van der Waals surface area contributed by atoms with Crippen LogP contribution in [-0.2, 0) is 16.0 Å². The maximum Gasteiger partial charge on any atom is 0.323 e. The molecule has 0 N–H and O–H groups in total. The minimum atomic E-state index is -0.766. The normalized spacial score (nSPS) is 18.8. The summed E-state index contributed by atoms with van der Waals surface area (Å²) < 4.78 is 4.65. The fourth-order valence-corrected chi connectivity index (χ4v) is 2.42. The summed E-state index contributed by atoms with van der Waals surface area (Å²) in [6, 6.07) is 9.91. The van der Waals surface area contributed by atoms with E-state index in [0.717, 1.165) is 17.7 Å². The number of carbonyl (C=O) groups is 1. The van der Waals surface area contributed by atoms with Crippen molar-refractivity contribution < 1.29 is 9.53 Å². The van der Waals surface area contributed by atoms with E-state index >= 15 is 0 Å². The number of nitriles is 1. The van der Waals surface area contributed by atoms with Crippen LogP contribution in [0.15, 0.2) is 29.3 Å². The summed E-state index contributed by atoms with van der Waals surface area (Å²) in [7, 11) is 1.30. The zero-order valence-corrected chi connectivity index (χ0v) is 11.1. The van der Waals surface area contributed by atoms with Gasteiger partial charge in [0, 0.05) is 18.6 Å². The molecule has 0 saturated carbocycles. The zero-order chi connectivity index (χ0) is 13.8. The molecule has 0 aliphatic carbocycles. The Bertz CT molecular complexity index is 558. The molecule has 19 heavy (non-hydrogen) atoms. The summed E-state index contributed by atoms with van der Waals surface area (Å²) in [6.45, 7) is 1.97. The van der Waals surface area contributed by atoms with Crippen molar-refractivity contribution in [3.8, 4) is 6.07 Å². The van der Waals surface area contributed by atoms with E-state index in [4.69, 9.17) is 5.26 Å². The van der Waals surface area contributed by atoms with Crippen molar-refractivity contribution >= 4 is 11.7 Å². The van der Waals surface area contributed by atoms with Crippen molar-refractivity contribution in [1.82, 2.24) is 0 Å². The van der Waals surface area contributed by atoms with E-state index in [1.54, 1.807) is 0 Å². The molecule has 1 heterocycles. The summed E-state index contributed by atoms with van der Waals surface area (Å²) >= 11 is 0. The van der Waals surface area contributed by atoms with Gasteiger partial charge in [-0.25, -0.2) is 0 Å². The van der Waals surface area contributed by atoms with Gasteiger partial charge in [0.15, 0.2) is 0 Å². The minimum absolute atomic E-state index is 0.131. The summed E-state index contributed by atoms with van der Waals surface area (Å²) in [4.78, 5) is 16.1. The van der Waals surface area contributed by atoms with Crippen LogP contribution in [0.25, 0.3) is 0 Å². The summed E-state index contributed by atoms with van der Waals surface area (Å²) in [5, 5.41) is 9.07. The molecular formula is C15H16N2O2. The molecule has 1 aromatic rings. The van der Waals surface area contributed by atoms with Crippen molar-refractivity contribution in [2.75, 3.05) is 7.11 Å². The highest BCUT2D eigenvalue weighted by molar-refractivity contribution is 5.86. The van der Waals surface area contributed by atoms with E-state index in [1.165, 1.54) is 12.7 Å². The number of carbonyl (C=O) groups excluding carboxylic acids is 1. The molecule has 4 nitrogen and oxygen atoms in total. The lowest BCUT2D eigenvalue weighted by Crippen LogP contribution is -2.20. The van der Waals surface area contributed by atoms with Crippen LogP contribution < -0.4 is 0 Å². The number of aliphatic imine (C=N–C) groups is 1. The lowest BCUT2D eigenvalue weighted by molar-refractivity contribution is -0.143. The Hall–Kier alpha value is -2.15. The molecular weight excluding hydrogens is 240 g/mol. The van der Waals surface area contributed by atoms with E-state index in [0.29, 0.717) is 6.42 Å². The van der Waals surface area contributed by atoms with Gasteiger partial charge in [-0.1, -0.05) is 24.3 Å². The second-order valence-electron chi connectivity index (χ2n) is 4.70. The van der Waals surface area contributed by atoms with Gasteiger partial charge in [0.25, 0.3) is 0 Å². The van der Waals surface area contributed by atoms with Crippen molar-refractivity contribution in [2.24, 2.45) is 10.9 Å². The molecule has 0 spiro atoms. The number of benzene rings is 1. The fraction of sp³-hybridized carbons (Fsp3) is 0.400. The number of ether oxygens (including phenoxy) is 1. The molecule has 0 radical (unpaired) electrons. The number of esters is 1. The molecule has 2 rings (SSSR count). The van der Waals surface area contributed by atoms with Gasteiger partial charge in [0.05, 0.1) is 19.2 Å². The SMILES string of the molecule is COC(=O)C(C#N)CC1N=C(C)Cc2ccccc21. The smallest absolute Gasteiger partial charge is 0.323 e. The van der Waals surface area contributed by atoms with Crippen LogP contribution in [0.2, 0.25) is 0 Å². The van der Waals surface area contributed by atoms with Gasteiger partial charge < -0.3 is 4.74 Å². The van der Waals surface area contributed by atoms with Gasteiger partial charge in [0.1, 0.15) is 5.92 Å². The highest BCUT2D eigenvalue weighted by Gasteiger charge is 2.27. The minimum Gasteiger partial charge on any atom is -0.468 e. The third-order valence-corrected chi connectivity index (χ3v) is 3.34. The van der Waals surface area contributed by atoms with Crippen molar-refractivity contribution in [1.29, 1.82) is 5.26 Å². The Morgan fingerprint density at radius 3 is 3.00 bits per heavy atom. The number of hydrogen-bond acceptors (Lipinski definition) is 4. The maximum absolute atomic E-state index is 11.5. The average molecular weight is 256 g/mol. The van der Waals surface area contributed by atoms with Gasteiger partial charge in [-0.15, -0.1) is 0 Å². The topological polar surface area (TPSA) is 62.5 Å². The number of methoxy groups -OCH3 is 1. The van der Waals surface area contributed by atoms with Crippen LogP contribution in [0.5, 0.6) is 0 Å². The molecule has 98 valence electrons. The maximum atomic E-state index is 11.5. The number of nitrogens with zero attached hydrogens (tertiary/aromatic N) is 2. The molecule has 0 aromatic heterocycles. The first kappa shape index (κ1) is 13.3. The van der Waals surface area contributed by atoms with E-state index < -0.39 is 11.9 Å². The Kier molecular flexibility index (Phi) is 3.96. The third-order valence-electron chi connectivity index (χ3n) is 3.34. The number of rotatable bonds is 3. The summed E-state index contributed by atoms with van der Waals surface area (Å²) in [5.74, 6) is -1.25.